The molecule has 0 fully saturated rings. The van der Waals surface area contributed by atoms with E-state index in [1.165, 1.54) is 30.3 Å². The maximum absolute atomic E-state index is 14.9. The molecule has 2 amide bonds. The van der Waals surface area contributed by atoms with Crippen LogP contribution < -0.4 is 4.90 Å². The number of hydrogen-bond donors (Lipinski definition) is 0. The number of nitrogens with zero attached hydrogens (tertiary/aromatic N) is 1. The molecule has 0 N–H and O–H groups in total. The summed E-state index contributed by atoms with van der Waals surface area (Å²) in [6.45, 7) is 0. The van der Waals surface area contributed by atoms with Crippen molar-refractivity contribution in [2.45, 2.75) is 17.1 Å². The summed E-state index contributed by atoms with van der Waals surface area (Å²) in [4.78, 5) is 38.4. The van der Waals surface area contributed by atoms with Gasteiger partial charge in [-0.15, -0.1) is 11.3 Å². The van der Waals surface area contributed by atoms with Gasteiger partial charge in [-0.1, -0.05) is 35.3 Å². The van der Waals surface area contributed by atoms with Crippen LogP contribution in [0.15, 0.2) is 52.7 Å². The Kier molecular flexibility index (Phi) is 6.41. The first-order valence-corrected chi connectivity index (χ1v) is 12.7. The third-order valence-corrected chi connectivity index (χ3v) is 8.68. The standard InChI is InChI=1S/C22H14Cl2FNO5S2/c23-14-3-2-13-9-20(28)26(22(29)16(13)10-14)18-4-1-12(8-17(18)25)7-15(27)11-33(30,31)21-6-5-19(24)32-21/h1-6,8,10H,7,9,11H2. The molecular weight excluding hydrogens is 512 g/mol. The van der Waals surface area contributed by atoms with Gasteiger partial charge in [0.2, 0.25) is 5.91 Å². The molecular formula is C22H14Cl2FNO5S2. The van der Waals surface area contributed by atoms with E-state index < -0.39 is 39.0 Å². The molecule has 1 aliphatic rings. The van der Waals surface area contributed by atoms with Gasteiger partial charge in [-0.05, 0) is 47.5 Å². The molecule has 0 atom stereocenters. The lowest BCUT2D eigenvalue weighted by atomic mass is 9.97. The summed E-state index contributed by atoms with van der Waals surface area (Å²) in [5.74, 6) is -3.58. The van der Waals surface area contributed by atoms with E-state index in [4.69, 9.17) is 23.2 Å². The van der Waals surface area contributed by atoms with Crippen molar-refractivity contribution in [3.63, 3.8) is 0 Å². The van der Waals surface area contributed by atoms with Crippen LogP contribution in [-0.4, -0.2) is 31.8 Å². The van der Waals surface area contributed by atoms with E-state index in [1.54, 1.807) is 12.1 Å². The molecule has 0 saturated carbocycles. The number of halogens is 3. The Morgan fingerprint density at radius 2 is 1.82 bits per heavy atom. The highest BCUT2D eigenvalue weighted by molar-refractivity contribution is 7.94. The first-order valence-electron chi connectivity index (χ1n) is 9.49. The molecule has 6 nitrogen and oxygen atoms in total. The zero-order valence-corrected chi connectivity index (χ0v) is 19.8. The second-order valence-corrected chi connectivity index (χ2v) is 11.7. The van der Waals surface area contributed by atoms with Crippen molar-refractivity contribution in [1.82, 2.24) is 0 Å². The van der Waals surface area contributed by atoms with Crippen molar-refractivity contribution in [2.75, 3.05) is 10.7 Å². The van der Waals surface area contributed by atoms with E-state index in [0.717, 1.165) is 22.3 Å². The molecule has 33 heavy (non-hydrogen) atoms. The molecule has 1 aromatic heterocycles. The number of amides is 2. The van der Waals surface area contributed by atoms with Gasteiger partial charge in [-0.25, -0.2) is 17.7 Å². The highest BCUT2D eigenvalue weighted by Crippen LogP contribution is 2.30. The van der Waals surface area contributed by atoms with E-state index in [2.05, 4.69) is 0 Å². The van der Waals surface area contributed by atoms with Gasteiger partial charge in [0.05, 0.1) is 16.4 Å². The maximum Gasteiger partial charge on any atom is 0.265 e. The SMILES string of the molecule is O=C(Cc1ccc(N2C(=O)Cc3ccc(Cl)cc3C2=O)c(F)c1)CS(=O)(=O)c1ccc(Cl)s1. The monoisotopic (exact) mass is 525 g/mol. The van der Waals surface area contributed by atoms with Crippen LogP contribution in [0.25, 0.3) is 0 Å². The Labute approximate surface area is 202 Å². The van der Waals surface area contributed by atoms with Crippen LogP contribution >= 0.6 is 34.5 Å². The zero-order valence-electron chi connectivity index (χ0n) is 16.7. The minimum atomic E-state index is -3.86. The number of imide groups is 1. The van der Waals surface area contributed by atoms with E-state index in [9.17, 15) is 27.2 Å². The predicted octanol–water partition coefficient (Wildman–Crippen LogP) is 4.51. The minimum absolute atomic E-state index is 0.0233. The van der Waals surface area contributed by atoms with Gasteiger partial charge in [0.25, 0.3) is 5.91 Å². The number of benzene rings is 2. The summed E-state index contributed by atoms with van der Waals surface area (Å²) >= 11 is 12.5. The van der Waals surface area contributed by atoms with E-state index >= 15 is 0 Å². The fourth-order valence-electron chi connectivity index (χ4n) is 3.49. The van der Waals surface area contributed by atoms with Crippen LogP contribution in [-0.2, 0) is 32.3 Å². The van der Waals surface area contributed by atoms with Crippen LogP contribution in [0.1, 0.15) is 21.5 Å². The summed E-state index contributed by atoms with van der Waals surface area (Å²) < 4.78 is 39.8. The molecule has 0 saturated heterocycles. The van der Waals surface area contributed by atoms with Crippen molar-refractivity contribution in [2.24, 2.45) is 0 Å². The van der Waals surface area contributed by atoms with Gasteiger partial charge in [-0.2, -0.15) is 0 Å². The molecule has 170 valence electrons. The summed E-state index contributed by atoms with van der Waals surface area (Å²) in [5.41, 5.74) is 0.662. The second-order valence-electron chi connectivity index (χ2n) is 7.33. The van der Waals surface area contributed by atoms with Crippen molar-refractivity contribution in [3.8, 4) is 0 Å². The van der Waals surface area contributed by atoms with Gasteiger partial charge in [0.1, 0.15) is 15.8 Å². The molecule has 11 heteroatoms. The molecule has 4 rings (SSSR count). The average molecular weight is 526 g/mol. The Morgan fingerprint density at radius 3 is 2.48 bits per heavy atom. The number of rotatable bonds is 6. The highest BCUT2D eigenvalue weighted by atomic mass is 35.5. The molecule has 2 heterocycles. The fraction of sp³-hybridized carbons (Fsp3) is 0.136. The highest BCUT2D eigenvalue weighted by Gasteiger charge is 2.34. The summed E-state index contributed by atoms with van der Waals surface area (Å²) in [5, 5.41) is 0.311. The van der Waals surface area contributed by atoms with Crippen molar-refractivity contribution < 1.29 is 27.2 Å². The number of Topliss-reactive ketones (excluding diaryl/α,β-unsaturated/α-hetero) is 1. The Bertz CT molecular complexity index is 1420. The van der Waals surface area contributed by atoms with Gasteiger partial charge in [-0.3, -0.25) is 14.4 Å². The average Bonchev–Trinajstić information content (AvgIpc) is 3.17. The molecule has 0 spiro atoms. The number of carbonyl (C=O) groups is 3. The molecule has 2 aromatic carbocycles. The number of ketones is 1. The first kappa shape index (κ1) is 23.6. The number of fused-ring (bicyclic) bond motifs is 1. The number of sulfone groups is 1. The van der Waals surface area contributed by atoms with Crippen LogP contribution in [0.5, 0.6) is 0 Å². The Hall–Kier alpha value is -2.59. The molecule has 3 aromatic rings. The zero-order chi connectivity index (χ0) is 23.9. The van der Waals surface area contributed by atoms with Gasteiger partial charge < -0.3 is 0 Å². The van der Waals surface area contributed by atoms with Crippen molar-refractivity contribution in [1.29, 1.82) is 0 Å². The van der Waals surface area contributed by atoms with Gasteiger partial charge in [0.15, 0.2) is 15.6 Å². The van der Waals surface area contributed by atoms with Gasteiger partial charge >= 0.3 is 0 Å². The van der Waals surface area contributed by atoms with Crippen molar-refractivity contribution >= 4 is 67.7 Å². The molecule has 0 unspecified atom stereocenters. The first-order chi connectivity index (χ1) is 15.5. The minimum Gasteiger partial charge on any atom is -0.298 e. The maximum atomic E-state index is 14.9. The molecule has 0 bridgehead atoms. The van der Waals surface area contributed by atoms with Crippen LogP contribution in [0, 0.1) is 5.82 Å². The quantitative estimate of drug-likeness (QED) is 0.441. The molecule has 1 aliphatic heterocycles. The Morgan fingerprint density at radius 1 is 1.06 bits per heavy atom. The largest absolute Gasteiger partial charge is 0.298 e. The van der Waals surface area contributed by atoms with E-state index in [0.29, 0.717) is 10.6 Å². The lowest BCUT2D eigenvalue weighted by molar-refractivity contribution is -0.118. The van der Waals surface area contributed by atoms with Crippen molar-refractivity contribution in [3.05, 3.63) is 80.4 Å². The number of anilines is 1. The number of carbonyl (C=O) groups excluding carboxylic acids is 3. The predicted molar refractivity (Wildman–Crippen MR) is 123 cm³/mol. The smallest absolute Gasteiger partial charge is 0.265 e. The lowest BCUT2D eigenvalue weighted by Crippen LogP contribution is -2.43. The second kappa shape index (κ2) is 8.98. The third kappa shape index (κ3) is 4.86. The normalized spacial score (nSPS) is 13.8. The van der Waals surface area contributed by atoms with Crippen LogP contribution in [0.4, 0.5) is 10.1 Å². The van der Waals surface area contributed by atoms with Crippen LogP contribution in [0.3, 0.4) is 0 Å². The summed E-state index contributed by atoms with van der Waals surface area (Å²) in [7, 11) is -3.86. The van der Waals surface area contributed by atoms with Gasteiger partial charge in [0, 0.05) is 17.0 Å². The number of hydrogen-bond acceptors (Lipinski definition) is 6. The fourth-order valence-corrected chi connectivity index (χ4v) is 6.47. The third-order valence-electron chi connectivity index (χ3n) is 4.96. The molecule has 0 aliphatic carbocycles. The summed E-state index contributed by atoms with van der Waals surface area (Å²) in [6.07, 6.45) is -0.432. The van der Waals surface area contributed by atoms with E-state index in [1.807, 2.05) is 0 Å². The lowest BCUT2D eigenvalue weighted by Gasteiger charge is -2.27. The topological polar surface area (TPSA) is 88.6 Å². The van der Waals surface area contributed by atoms with Crippen LogP contribution in [0.2, 0.25) is 9.36 Å². The number of thiophene rings is 1. The Balaban J connectivity index is 1.53. The molecule has 0 radical (unpaired) electrons. The summed E-state index contributed by atoms with van der Waals surface area (Å²) in [6, 6.07) is 10.9. The van der Waals surface area contributed by atoms with E-state index in [-0.39, 0.29) is 38.2 Å².